The summed E-state index contributed by atoms with van der Waals surface area (Å²) in [6.45, 7) is 0. The van der Waals surface area contributed by atoms with Gasteiger partial charge in [0.1, 0.15) is 17.7 Å². The number of nitrogens with zero attached hydrogens (tertiary/aromatic N) is 1. The SMILES string of the molecule is O=CN(c1cc(F)ccc1F)[C@H](C(=O)NC1CC(F)(F)C1)c1ccccc1Cl. The van der Waals surface area contributed by atoms with Crippen molar-refractivity contribution in [3.63, 3.8) is 0 Å². The molecule has 2 aromatic carbocycles. The van der Waals surface area contributed by atoms with Gasteiger partial charge >= 0.3 is 0 Å². The van der Waals surface area contributed by atoms with Gasteiger partial charge in [-0.3, -0.25) is 14.5 Å². The molecule has 28 heavy (non-hydrogen) atoms. The van der Waals surface area contributed by atoms with E-state index in [2.05, 4.69) is 5.32 Å². The number of hydrogen-bond acceptors (Lipinski definition) is 2. The summed E-state index contributed by atoms with van der Waals surface area (Å²) in [7, 11) is 0. The number of benzene rings is 2. The normalized spacial score (nSPS) is 16.8. The quantitative estimate of drug-likeness (QED) is 0.568. The lowest BCUT2D eigenvalue weighted by Gasteiger charge is -2.37. The molecule has 0 spiro atoms. The number of anilines is 1. The molecule has 2 amide bonds. The third-order valence-corrected chi connectivity index (χ3v) is 4.81. The Morgan fingerprint density at radius 3 is 2.50 bits per heavy atom. The van der Waals surface area contributed by atoms with Crippen LogP contribution in [0.25, 0.3) is 0 Å². The molecular formula is C19H15ClF4N2O2. The maximum absolute atomic E-state index is 14.3. The van der Waals surface area contributed by atoms with Gasteiger partial charge in [0.2, 0.25) is 12.3 Å². The minimum atomic E-state index is -2.86. The molecule has 0 saturated heterocycles. The van der Waals surface area contributed by atoms with Crippen molar-refractivity contribution in [1.82, 2.24) is 5.32 Å². The standard InChI is InChI=1S/C19H15ClF4N2O2/c20-14-4-2-1-3-13(14)17(18(28)25-12-8-19(23,24)9-12)26(10-27)16-7-11(21)5-6-15(16)22/h1-7,10,12,17H,8-9H2,(H,25,28)/t17-/m0/s1. The Hall–Kier alpha value is -2.61. The largest absolute Gasteiger partial charge is 0.351 e. The number of hydrogen-bond donors (Lipinski definition) is 1. The first-order valence-electron chi connectivity index (χ1n) is 8.33. The molecule has 1 aliphatic rings. The van der Waals surface area contributed by atoms with E-state index in [9.17, 15) is 27.2 Å². The molecule has 0 heterocycles. The number of nitrogens with one attached hydrogen (secondary N) is 1. The zero-order valence-electron chi connectivity index (χ0n) is 14.3. The van der Waals surface area contributed by atoms with Gasteiger partial charge in [-0.15, -0.1) is 0 Å². The monoisotopic (exact) mass is 414 g/mol. The van der Waals surface area contributed by atoms with Crippen molar-refractivity contribution >= 4 is 29.6 Å². The second-order valence-electron chi connectivity index (χ2n) is 6.50. The summed E-state index contributed by atoms with van der Waals surface area (Å²) < 4.78 is 54.1. The molecule has 9 heteroatoms. The van der Waals surface area contributed by atoms with Crippen molar-refractivity contribution < 1.29 is 27.2 Å². The van der Waals surface area contributed by atoms with Crippen LogP contribution in [0.3, 0.4) is 0 Å². The van der Waals surface area contributed by atoms with Crippen LogP contribution in [0.2, 0.25) is 5.02 Å². The minimum Gasteiger partial charge on any atom is -0.351 e. The molecule has 1 atom stereocenters. The summed E-state index contributed by atoms with van der Waals surface area (Å²) in [5.74, 6) is -5.45. The molecule has 148 valence electrons. The van der Waals surface area contributed by atoms with E-state index < -0.39 is 54.1 Å². The Morgan fingerprint density at radius 2 is 1.89 bits per heavy atom. The lowest BCUT2D eigenvalue weighted by molar-refractivity contribution is -0.131. The maximum Gasteiger partial charge on any atom is 0.252 e. The summed E-state index contributed by atoms with van der Waals surface area (Å²) in [4.78, 5) is 25.3. The summed E-state index contributed by atoms with van der Waals surface area (Å²) in [5, 5.41) is 2.52. The molecule has 0 unspecified atom stereocenters. The second-order valence-corrected chi connectivity index (χ2v) is 6.91. The van der Waals surface area contributed by atoms with Crippen molar-refractivity contribution in [2.24, 2.45) is 0 Å². The van der Waals surface area contributed by atoms with E-state index in [1.165, 1.54) is 12.1 Å². The fraction of sp³-hybridized carbons (Fsp3) is 0.263. The highest BCUT2D eigenvalue weighted by atomic mass is 35.5. The fourth-order valence-corrected chi connectivity index (χ4v) is 3.34. The van der Waals surface area contributed by atoms with Gasteiger partial charge in [-0.1, -0.05) is 29.8 Å². The summed E-state index contributed by atoms with van der Waals surface area (Å²) in [5.41, 5.74) is -0.336. The summed E-state index contributed by atoms with van der Waals surface area (Å²) in [6, 6.07) is 6.20. The lowest BCUT2D eigenvalue weighted by Crippen LogP contribution is -2.53. The molecule has 1 fully saturated rings. The Morgan fingerprint density at radius 1 is 1.21 bits per heavy atom. The van der Waals surface area contributed by atoms with Crippen molar-refractivity contribution in [2.45, 2.75) is 30.8 Å². The highest BCUT2D eigenvalue weighted by Gasteiger charge is 2.47. The van der Waals surface area contributed by atoms with Gasteiger partial charge in [0.25, 0.3) is 5.92 Å². The van der Waals surface area contributed by atoms with Crippen LogP contribution in [0, 0.1) is 11.6 Å². The predicted octanol–water partition coefficient (Wildman–Crippen LogP) is 4.24. The van der Waals surface area contributed by atoms with E-state index in [1.807, 2.05) is 0 Å². The average Bonchev–Trinajstić information content (AvgIpc) is 2.61. The van der Waals surface area contributed by atoms with E-state index in [4.69, 9.17) is 11.6 Å². The number of carbonyl (C=O) groups excluding carboxylic acids is 2. The van der Waals surface area contributed by atoms with Gasteiger partial charge in [-0.25, -0.2) is 17.6 Å². The van der Waals surface area contributed by atoms with E-state index >= 15 is 0 Å². The lowest BCUT2D eigenvalue weighted by atomic mass is 9.87. The van der Waals surface area contributed by atoms with E-state index in [1.54, 1.807) is 12.1 Å². The van der Waals surface area contributed by atoms with Crippen molar-refractivity contribution in [2.75, 3.05) is 4.90 Å². The highest BCUT2D eigenvalue weighted by Crippen LogP contribution is 2.38. The van der Waals surface area contributed by atoms with Gasteiger partial charge < -0.3 is 5.32 Å². The molecule has 2 aromatic rings. The highest BCUT2D eigenvalue weighted by molar-refractivity contribution is 6.31. The zero-order valence-corrected chi connectivity index (χ0v) is 15.1. The third kappa shape index (κ3) is 4.11. The Balaban J connectivity index is 2.00. The predicted molar refractivity (Wildman–Crippen MR) is 95.2 cm³/mol. The first-order chi connectivity index (χ1) is 13.2. The van der Waals surface area contributed by atoms with Crippen molar-refractivity contribution in [3.05, 3.63) is 64.7 Å². The molecule has 1 N–H and O–H groups in total. The van der Waals surface area contributed by atoms with Crippen LogP contribution in [-0.2, 0) is 9.59 Å². The topological polar surface area (TPSA) is 49.4 Å². The Labute approximate surface area is 163 Å². The molecule has 3 rings (SSSR count). The number of alkyl halides is 2. The van der Waals surface area contributed by atoms with E-state index in [-0.39, 0.29) is 17.0 Å². The van der Waals surface area contributed by atoms with Crippen LogP contribution in [0.15, 0.2) is 42.5 Å². The van der Waals surface area contributed by atoms with Crippen LogP contribution in [0.1, 0.15) is 24.4 Å². The van der Waals surface area contributed by atoms with Gasteiger partial charge in [0, 0.05) is 35.5 Å². The average molecular weight is 415 g/mol. The van der Waals surface area contributed by atoms with Gasteiger partial charge in [-0.2, -0.15) is 0 Å². The molecule has 4 nitrogen and oxygen atoms in total. The number of halogens is 5. The summed E-state index contributed by atoms with van der Waals surface area (Å²) >= 11 is 6.14. The van der Waals surface area contributed by atoms with E-state index in [0.29, 0.717) is 4.90 Å². The van der Waals surface area contributed by atoms with Crippen LogP contribution in [0.5, 0.6) is 0 Å². The van der Waals surface area contributed by atoms with Crippen LogP contribution in [-0.4, -0.2) is 24.3 Å². The molecule has 0 aromatic heterocycles. The molecular weight excluding hydrogens is 400 g/mol. The maximum atomic E-state index is 14.3. The smallest absolute Gasteiger partial charge is 0.252 e. The van der Waals surface area contributed by atoms with Crippen LogP contribution >= 0.6 is 11.6 Å². The second kappa shape index (κ2) is 7.79. The summed E-state index contributed by atoms with van der Waals surface area (Å²) in [6.07, 6.45) is -0.909. The fourth-order valence-electron chi connectivity index (χ4n) is 3.10. The Kier molecular flexibility index (Phi) is 5.60. The molecule has 0 radical (unpaired) electrons. The zero-order chi connectivity index (χ0) is 20.5. The molecule has 1 saturated carbocycles. The van der Waals surface area contributed by atoms with Crippen molar-refractivity contribution in [1.29, 1.82) is 0 Å². The van der Waals surface area contributed by atoms with Gasteiger partial charge in [-0.05, 0) is 18.2 Å². The Bertz CT molecular complexity index is 901. The third-order valence-electron chi connectivity index (χ3n) is 4.46. The van der Waals surface area contributed by atoms with Crippen LogP contribution < -0.4 is 10.2 Å². The molecule has 1 aliphatic carbocycles. The van der Waals surface area contributed by atoms with Crippen molar-refractivity contribution in [3.8, 4) is 0 Å². The van der Waals surface area contributed by atoms with Gasteiger partial charge in [0.15, 0.2) is 0 Å². The van der Waals surface area contributed by atoms with Crippen LogP contribution in [0.4, 0.5) is 23.2 Å². The molecule has 0 aliphatic heterocycles. The first kappa shape index (κ1) is 20.1. The molecule has 0 bridgehead atoms. The first-order valence-corrected chi connectivity index (χ1v) is 8.71. The minimum absolute atomic E-state index is 0.102. The van der Waals surface area contributed by atoms with Gasteiger partial charge in [0.05, 0.1) is 5.69 Å². The number of rotatable bonds is 6. The van der Waals surface area contributed by atoms with E-state index in [0.717, 1.165) is 18.2 Å². The number of amides is 2. The number of carbonyl (C=O) groups is 2.